The highest BCUT2D eigenvalue weighted by molar-refractivity contribution is 7.18. The molecule has 1 aliphatic heterocycles. The van der Waals surface area contributed by atoms with E-state index in [1.54, 1.807) is 11.0 Å². The quantitative estimate of drug-likeness (QED) is 0.484. The van der Waals surface area contributed by atoms with Crippen molar-refractivity contribution in [1.82, 2.24) is 9.88 Å². The van der Waals surface area contributed by atoms with Gasteiger partial charge in [0, 0.05) is 43.1 Å². The van der Waals surface area contributed by atoms with Gasteiger partial charge in [0.15, 0.2) is 5.13 Å². The third kappa shape index (κ3) is 6.07. The molecule has 3 aromatic rings. The lowest BCUT2D eigenvalue weighted by Gasteiger charge is -2.36. The zero-order chi connectivity index (χ0) is 25.2. The predicted octanol–water partition coefficient (Wildman–Crippen LogP) is 4.90. The fraction of sp³-hybridized carbons (Fsp3) is 0.320. The number of thiazole rings is 1. The second-order valence-corrected chi connectivity index (χ2v) is 10.2. The van der Waals surface area contributed by atoms with Crippen molar-refractivity contribution in [3.05, 3.63) is 64.8 Å². The molecule has 0 unspecified atom stereocenters. The maximum absolute atomic E-state index is 13.5. The van der Waals surface area contributed by atoms with Gasteiger partial charge in [-0.05, 0) is 57.2 Å². The molecule has 184 valence electrons. The smallest absolute Gasteiger partial charge is 0.410 e. The molecule has 0 spiro atoms. The molecule has 1 aromatic heterocycles. The molecular weight excluding hydrogens is 469 g/mol. The van der Waals surface area contributed by atoms with Crippen molar-refractivity contribution in [2.45, 2.75) is 26.4 Å². The summed E-state index contributed by atoms with van der Waals surface area (Å²) < 4.78 is 18.9. The molecule has 3 N–H and O–H groups in total. The first-order valence-corrected chi connectivity index (χ1v) is 12.1. The maximum atomic E-state index is 13.5. The number of halogens is 1. The van der Waals surface area contributed by atoms with E-state index in [9.17, 15) is 14.0 Å². The van der Waals surface area contributed by atoms with E-state index in [2.05, 4.69) is 15.2 Å². The Balaban J connectivity index is 1.36. The summed E-state index contributed by atoms with van der Waals surface area (Å²) in [6.07, 6.45) is -0.283. The first kappa shape index (κ1) is 24.5. The van der Waals surface area contributed by atoms with Gasteiger partial charge in [0.2, 0.25) is 5.78 Å². The molecule has 1 aliphatic rings. The van der Waals surface area contributed by atoms with Gasteiger partial charge in [0.25, 0.3) is 0 Å². The molecular formula is C25H28FN5O3S. The van der Waals surface area contributed by atoms with Crippen LogP contribution >= 0.6 is 11.3 Å². The van der Waals surface area contributed by atoms with Crippen LogP contribution in [-0.2, 0) is 4.74 Å². The van der Waals surface area contributed by atoms with Crippen molar-refractivity contribution >= 4 is 45.5 Å². The fourth-order valence-corrected chi connectivity index (χ4v) is 4.53. The van der Waals surface area contributed by atoms with E-state index in [0.717, 1.165) is 22.7 Å². The molecule has 2 heterocycles. The highest BCUT2D eigenvalue weighted by Crippen LogP contribution is 2.30. The van der Waals surface area contributed by atoms with Crippen LogP contribution < -0.4 is 16.0 Å². The van der Waals surface area contributed by atoms with E-state index in [4.69, 9.17) is 10.5 Å². The Morgan fingerprint density at radius 2 is 1.77 bits per heavy atom. The highest BCUT2D eigenvalue weighted by Gasteiger charge is 2.26. The van der Waals surface area contributed by atoms with E-state index in [-0.39, 0.29) is 28.1 Å². The molecule has 0 atom stereocenters. The minimum Gasteiger partial charge on any atom is -0.444 e. The number of ketones is 1. The first-order chi connectivity index (χ1) is 16.6. The van der Waals surface area contributed by atoms with Gasteiger partial charge in [0.1, 0.15) is 22.1 Å². The standard InChI is InChI=1S/C25H28FN5O3S/c1-25(2,3)34-24(33)31-13-11-30(12-14-31)19-9-7-18(8-10-19)28-23-29-22(27)21(35-23)20(32)16-5-4-6-17(26)15-16/h4-10,15H,11-14,27H2,1-3H3,(H,28,29). The number of aromatic nitrogens is 1. The largest absolute Gasteiger partial charge is 0.444 e. The van der Waals surface area contributed by atoms with Crippen molar-refractivity contribution in [1.29, 1.82) is 0 Å². The number of nitrogens with one attached hydrogen (secondary N) is 1. The number of hydrogen-bond donors (Lipinski definition) is 2. The van der Waals surface area contributed by atoms with Crippen LogP contribution in [0, 0.1) is 5.82 Å². The molecule has 1 amide bonds. The topological polar surface area (TPSA) is 101 Å². The molecule has 4 rings (SSSR count). The second kappa shape index (κ2) is 9.91. The number of anilines is 4. The number of hydrogen-bond acceptors (Lipinski definition) is 8. The Hall–Kier alpha value is -3.66. The van der Waals surface area contributed by atoms with Crippen LogP contribution in [0.5, 0.6) is 0 Å². The number of benzene rings is 2. The third-order valence-electron chi connectivity index (χ3n) is 5.36. The number of nitrogens with two attached hydrogens (primary N) is 1. The number of nitrogens with zero attached hydrogens (tertiary/aromatic N) is 3. The van der Waals surface area contributed by atoms with Crippen LogP contribution in [0.1, 0.15) is 36.0 Å². The minimum absolute atomic E-state index is 0.103. The molecule has 8 nitrogen and oxygen atoms in total. The average molecular weight is 498 g/mol. The fourth-order valence-electron chi connectivity index (χ4n) is 3.66. The molecule has 10 heteroatoms. The molecule has 0 radical (unpaired) electrons. The summed E-state index contributed by atoms with van der Waals surface area (Å²) in [4.78, 5) is 33.4. The van der Waals surface area contributed by atoms with E-state index in [1.807, 2.05) is 45.0 Å². The summed E-state index contributed by atoms with van der Waals surface area (Å²) in [7, 11) is 0. The number of carbonyl (C=O) groups is 2. The maximum Gasteiger partial charge on any atom is 0.410 e. The van der Waals surface area contributed by atoms with Crippen LogP contribution in [0.25, 0.3) is 0 Å². The van der Waals surface area contributed by atoms with Crippen LogP contribution in [0.15, 0.2) is 48.5 Å². The Kier molecular flexibility index (Phi) is 6.93. The Labute approximate surface area is 207 Å². The molecule has 0 bridgehead atoms. The molecule has 0 saturated carbocycles. The van der Waals surface area contributed by atoms with Crippen LogP contribution in [0.4, 0.5) is 31.5 Å². The van der Waals surface area contributed by atoms with Gasteiger partial charge in [-0.15, -0.1) is 0 Å². The average Bonchev–Trinajstić information content (AvgIpc) is 3.18. The van der Waals surface area contributed by atoms with Crippen molar-refractivity contribution in [2.24, 2.45) is 0 Å². The molecule has 1 saturated heterocycles. The van der Waals surface area contributed by atoms with Gasteiger partial charge in [-0.25, -0.2) is 14.2 Å². The van der Waals surface area contributed by atoms with Crippen LogP contribution in [0.2, 0.25) is 0 Å². The summed E-state index contributed by atoms with van der Waals surface area (Å²) >= 11 is 1.12. The summed E-state index contributed by atoms with van der Waals surface area (Å²) in [5.41, 5.74) is 7.51. The summed E-state index contributed by atoms with van der Waals surface area (Å²) in [6.45, 7) is 8.19. The number of ether oxygens (including phenoxy) is 1. The van der Waals surface area contributed by atoms with Crippen molar-refractivity contribution in [3.8, 4) is 0 Å². The molecule has 35 heavy (non-hydrogen) atoms. The third-order valence-corrected chi connectivity index (χ3v) is 6.35. The highest BCUT2D eigenvalue weighted by atomic mass is 32.1. The second-order valence-electron chi connectivity index (χ2n) is 9.20. The predicted molar refractivity (Wildman–Crippen MR) is 136 cm³/mol. The van der Waals surface area contributed by atoms with Gasteiger partial charge in [-0.2, -0.15) is 0 Å². The number of piperazine rings is 1. The van der Waals surface area contributed by atoms with Crippen molar-refractivity contribution in [3.63, 3.8) is 0 Å². The number of carbonyl (C=O) groups excluding carboxylic acids is 2. The molecule has 0 aliphatic carbocycles. The lowest BCUT2D eigenvalue weighted by Crippen LogP contribution is -2.50. The van der Waals surface area contributed by atoms with Crippen LogP contribution in [-0.4, -0.2) is 53.5 Å². The zero-order valence-corrected chi connectivity index (χ0v) is 20.7. The summed E-state index contributed by atoms with van der Waals surface area (Å²) in [6, 6.07) is 13.3. The van der Waals surface area contributed by atoms with Gasteiger partial charge in [-0.1, -0.05) is 23.5 Å². The zero-order valence-electron chi connectivity index (χ0n) is 19.9. The number of amides is 1. The van der Waals surface area contributed by atoms with Gasteiger partial charge < -0.3 is 25.6 Å². The lowest BCUT2D eigenvalue weighted by molar-refractivity contribution is 0.0240. The van der Waals surface area contributed by atoms with Crippen molar-refractivity contribution < 1.29 is 18.7 Å². The Morgan fingerprint density at radius 1 is 1.09 bits per heavy atom. The minimum atomic E-state index is -0.507. The first-order valence-electron chi connectivity index (χ1n) is 11.3. The van der Waals surface area contributed by atoms with E-state index in [0.29, 0.717) is 31.3 Å². The Bertz CT molecular complexity index is 1210. The van der Waals surface area contributed by atoms with Gasteiger partial charge >= 0.3 is 6.09 Å². The molecule has 1 fully saturated rings. The SMILES string of the molecule is CC(C)(C)OC(=O)N1CCN(c2ccc(Nc3nc(N)c(C(=O)c4cccc(F)c4)s3)cc2)CC1. The number of nitrogen functional groups attached to an aromatic ring is 1. The Morgan fingerprint density at radius 3 is 2.40 bits per heavy atom. The number of rotatable bonds is 5. The van der Waals surface area contributed by atoms with Gasteiger partial charge in [-0.3, -0.25) is 4.79 Å². The van der Waals surface area contributed by atoms with E-state index >= 15 is 0 Å². The normalized spacial score (nSPS) is 14.1. The van der Waals surface area contributed by atoms with E-state index < -0.39 is 11.4 Å². The monoisotopic (exact) mass is 497 g/mol. The summed E-state index contributed by atoms with van der Waals surface area (Å²) in [5.74, 6) is -0.747. The molecule has 2 aromatic carbocycles. The summed E-state index contributed by atoms with van der Waals surface area (Å²) in [5, 5.41) is 3.64. The van der Waals surface area contributed by atoms with Crippen molar-refractivity contribution in [2.75, 3.05) is 42.1 Å². The lowest BCUT2D eigenvalue weighted by atomic mass is 10.1. The van der Waals surface area contributed by atoms with Gasteiger partial charge in [0.05, 0.1) is 0 Å². The van der Waals surface area contributed by atoms with Crippen LogP contribution in [0.3, 0.4) is 0 Å². The van der Waals surface area contributed by atoms with E-state index in [1.165, 1.54) is 18.2 Å².